The first-order chi connectivity index (χ1) is 8.41. The van der Waals surface area contributed by atoms with Gasteiger partial charge < -0.3 is 15.8 Å². The van der Waals surface area contributed by atoms with Gasteiger partial charge in [-0.2, -0.15) is 13.2 Å². The molecule has 1 aromatic carbocycles. The molecule has 0 spiro atoms. The second kappa shape index (κ2) is 4.44. The Morgan fingerprint density at radius 1 is 1.39 bits per heavy atom. The molecule has 3 N–H and O–H groups in total. The zero-order valence-corrected chi connectivity index (χ0v) is 9.71. The molecule has 0 aromatic heterocycles. The molecule has 0 bridgehead atoms. The lowest BCUT2D eigenvalue weighted by Gasteiger charge is -2.17. The number of hydrogen-bond acceptors (Lipinski definition) is 3. The maximum absolute atomic E-state index is 13.0. The topological polar surface area (TPSA) is 47.3 Å². The van der Waals surface area contributed by atoms with E-state index in [-0.39, 0.29) is 17.2 Å². The highest BCUT2D eigenvalue weighted by Crippen LogP contribution is 2.38. The summed E-state index contributed by atoms with van der Waals surface area (Å²) in [7, 11) is 1.34. The third-order valence-corrected chi connectivity index (χ3v) is 2.87. The van der Waals surface area contributed by atoms with Gasteiger partial charge in [0.1, 0.15) is 5.75 Å². The van der Waals surface area contributed by atoms with Gasteiger partial charge in [0.2, 0.25) is 0 Å². The van der Waals surface area contributed by atoms with E-state index in [4.69, 9.17) is 10.5 Å². The summed E-state index contributed by atoms with van der Waals surface area (Å²) in [4.78, 5) is 0. The van der Waals surface area contributed by atoms with E-state index in [0.717, 1.165) is 6.07 Å². The first-order valence-electron chi connectivity index (χ1n) is 5.38. The molecule has 18 heavy (non-hydrogen) atoms. The molecule has 1 atom stereocenters. The molecule has 3 nitrogen and oxygen atoms in total. The van der Waals surface area contributed by atoms with Gasteiger partial charge in [-0.1, -0.05) is 6.07 Å². The van der Waals surface area contributed by atoms with Gasteiger partial charge in [0.25, 0.3) is 0 Å². The highest BCUT2D eigenvalue weighted by molar-refractivity contribution is 5.42. The van der Waals surface area contributed by atoms with Gasteiger partial charge in [-0.25, -0.2) is 0 Å². The summed E-state index contributed by atoms with van der Waals surface area (Å²) < 4.78 is 43.8. The Kier molecular flexibility index (Phi) is 3.11. The van der Waals surface area contributed by atoms with Gasteiger partial charge in [0.15, 0.2) is 0 Å². The Morgan fingerprint density at radius 2 is 2.11 bits per heavy atom. The number of alkyl halides is 3. The van der Waals surface area contributed by atoms with Crippen LogP contribution in [0.25, 0.3) is 0 Å². The van der Waals surface area contributed by atoms with Crippen LogP contribution in [-0.4, -0.2) is 13.7 Å². The molecule has 0 fully saturated rings. The van der Waals surface area contributed by atoms with Gasteiger partial charge in [-0.15, -0.1) is 0 Å². The second-order valence-electron chi connectivity index (χ2n) is 4.06. The minimum absolute atomic E-state index is 0.189. The molecule has 1 aromatic rings. The fourth-order valence-electron chi connectivity index (χ4n) is 1.99. The van der Waals surface area contributed by atoms with Crippen molar-refractivity contribution < 1.29 is 17.9 Å². The molecule has 98 valence electrons. The lowest BCUT2D eigenvalue weighted by atomic mass is 9.94. The quantitative estimate of drug-likeness (QED) is 0.855. The van der Waals surface area contributed by atoms with Gasteiger partial charge in [-0.05, 0) is 23.8 Å². The van der Waals surface area contributed by atoms with Crippen LogP contribution in [0.2, 0.25) is 0 Å². The minimum atomic E-state index is -4.41. The third kappa shape index (κ3) is 2.37. The average molecular weight is 258 g/mol. The summed E-state index contributed by atoms with van der Waals surface area (Å²) in [6.45, 7) is 0.376. The second-order valence-corrected chi connectivity index (χ2v) is 4.06. The van der Waals surface area contributed by atoms with Crippen molar-refractivity contribution in [1.82, 2.24) is 5.32 Å². The lowest BCUT2D eigenvalue weighted by molar-refractivity contribution is -0.138. The van der Waals surface area contributed by atoms with E-state index >= 15 is 0 Å². The number of ether oxygens (including phenoxy) is 1. The Morgan fingerprint density at radius 3 is 2.61 bits per heavy atom. The van der Waals surface area contributed by atoms with Crippen molar-refractivity contribution in [2.45, 2.75) is 12.1 Å². The summed E-state index contributed by atoms with van der Waals surface area (Å²) in [6, 6.07) is 3.97. The highest BCUT2D eigenvalue weighted by atomic mass is 19.4. The van der Waals surface area contributed by atoms with E-state index in [1.54, 1.807) is 6.08 Å². The van der Waals surface area contributed by atoms with E-state index in [2.05, 4.69) is 5.32 Å². The molecular formula is C12H13F3N2O. The van der Waals surface area contributed by atoms with Crippen LogP contribution in [0.1, 0.15) is 17.0 Å². The number of nitrogens with two attached hydrogens (primary N) is 1. The number of hydrogen-bond donors (Lipinski definition) is 2. The predicted molar refractivity (Wildman–Crippen MR) is 61.0 cm³/mol. The normalized spacial score (nSPS) is 19.3. The van der Waals surface area contributed by atoms with Crippen LogP contribution in [0.3, 0.4) is 0 Å². The van der Waals surface area contributed by atoms with Crippen LogP contribution in [-0.2, 0) is 6.18 Å². The molecule has 0 saturated heterocycles. The molecule has 1 heterocycles. The zero-order valence-electron chi connectivity index (χ0n) is 9.71. The van der Waals surface area contributed by atoms with Crippen LogP contribution >= 0.6 is 0 Å². The van der Waals surface area contributed by atoms with Gasteiger partial charge in [0, 0.05) is 12.5 Å². The van der Waals surface area contributed by atoms with Crippen LogP contribution < -0.4 is 15.8 Å². The molecule has 0 radical (unpaired) electrons. The van der Waals surface area contributed by atoms with Crippen molar-refractivity contribution in [2.24, 2.45) is 5.73 Å². The van der Waals surface area contributed by atoms with E-state index in [0.29, 0.717) is 12.4 Å². The van der Waals surface area contributed by atoms with Gasteiger partial charge in [0.05, 0.1) is 18.5 Å². The molecule has 6 heteroatoms. The summed E-state index contributed by atoms with van der Waals surface area (Å²) in [5, 5.41) is 2.82. The van der Waals surface area contributed by atoms with Crippen LogP contribution in [0.5, 0.6) is 5.75 Å². The first kappa shape index (κ1) is 12.6. The smallest absolute Gasteiger partial charge is 0.416 e. The van der Waals surface area contributed by atoms with Crippen LogP contribution in [0, 0.1) is 0 Å². The molecule has 0 saturated carbocycles. The lowest BCUT2D eigenvalue weighted by Crippen LogP contribution is -2.18. The third-order valence-electron chi connectivity index (χ3n) is 2.87. The van der Waals surface area contributed by atoms with Crippen molar-refractivity contribution in [3.05, 3.63) is 41.2 Å². The molecular weight excluding hydrogens is 245 g/mol. The minimum Gasteiger partial charge on any atom is -0.497 e. The Hall–Kier alpha value is -1.85. The maximum Gasteiger partial charge on any atom is 0.416 e. The predicted octanol–water partition coefficient (Wildman–Crippen LogP) is 2.20. The monoisotopic (exact) mass is 258 g/mol. The number of halogens is 3. The molecule has 1 aliphatic rings. The fourth-order valence-corrected chi connectivity index (χ4v) is 1.99. The Balaban J connectivity index is 2.47. The molecule has 0 unspecified atom stereocenters. The Labute approximate surface area is 102 Å². The number of methoxy groups -OCH3 is 1. The van der Waals surface area contributed by atoms with Crippen LogP contribution in [0.4, 0.5) is 13.2 Å². The van der Waals surface area contributed by atoms with E-state index in [1.165, 1.54) is 19.2 Å². The largest absolute Gasteiger partial charge is 0.497 e. The fraction of sp³-hybridized carbons (Fsp3) is 0.333. The van der Waals surface area contributed by atoms with Crippen molar-refractivity contribution in [3.8, 4) is 5.75 Å². The summed E-state index contributed by atoms with van der Waals surface area (Å²) in [5.74, 6) is 0.227. The average Bonchev–Trinajstić information content (AvgIpc) is 2.74. The van der Waals surface area contributed by atoms with E-state index in [9.17, 15) is 13.2 Å². The van der Waals surface area contributed by atoms with Gasteiger partial charge >= 0.3 is 6.18 Å². The standard InChI is InChI=1S/C12H13F3N2O/c1-18-8-2-3-9(7-4-11(16)17-6-7)10(5-8)12(13,14)15/h2-5,7,17H,6,16H2,1H3/t7-/m1/s1. The van der Waals surface area contributed by atoms with Crippen molar-refractivity contribution in [2.75, 3.05) is 13.7 Å². The van der Waals surface area contributed by atoms with Crippen LogP contribution in [0.15, 0.2) is 30.1 Å². The van der Waals surface area contributed by atoms with E-state index in [1.807, 2.05) is 0 Å². The van der Waals surface area contributed by atoms with E-state index < -0.39 is 11.7 Å². The SMILES string of the molecule is COc1ccc([C@@H]2C=C(N)NC2)c(C(F)(F)F)c1. The number of benzene rings is 1. The molecule has 0 aliphatic carbocycles. The van der Waals surface area contributed by atoms with Crippen molar-refractivity contribution in [1.29, 1.82) is 0 Å². The summed E-state index contributed by atoms with van der Waals surface area (Å²) in [5.41, 5.74) is 5.05. The summed E-state index contributed by atoms with van der Waals surface area (Å²) >= 11 is 0. The first-order valence-corrected chi connectivity index (χ1v) is 5.38. The maximum atomic E-state index is 13.0. The Bertz CT molecular complexity index is 483. The number of nitrogens with one attached hydrogen (secondary N) is 1. The van der Waals surface area contributed by atoms with Gasteiger partial charge in [-0.3, -0.25) is 0 Å². The molecule has 0 amide bonds. The summed E-state index contributed by atoms with van der Waals surface area (Å²) in [6.07, 6.45) is -2.81. The molecule has 1 aliphatic heterocycles. The molecule has 2 rings (SSSR count). The zero-order chi connectivity index (χ0) is 13.3. The van der Waals surface area contributed by atoms with Crippen molar-refractivity contribution in [3.63, 3.8) is 0 Å². The number of rotatable bonds is 2. The highest BCUT2D eigenvalue weighted by Gasteiger charge is 2.36. The van der Waals surface area contributed by atoms with Crippen molar-refractivity contribution >= 4 is 0 Å².